The van der Waals surface area contributed by atoms with Gasteiger partial charge in [0.05, 0.1) is 11.9 Å². The van der Waals surface area contributed by atoms with E-state index in [1.54, 1.807) is 6.07 Å². The maximum absolute atomic E-state index is 13.1. The van der Waals surface area contributed by atoms with Crippen LogP contribution in [0.4, 0.5) is 10.2 Å². The van der Waals surface area contributed by atoms with Crippen LogP contribution in [0.25, 0.3) is 5.69 Å². The maximum atomic E-state index is 13.1. The Morgan fingerprint density at radius 1 is 1.50 bits per heavy atom. The lowest BCUT2D eigenvalue weighted by atomic mass is 10.3. The average molecular weight is 281 g/mol. The Hall–Kier alpha value is -1.87. The summed E-state index contributed by atoms with van der Waals surface area (Å²) < 4.78 is 15.0. The van der Waals surface area contributed by atoms with Gasteiger partial charge in [0, 0.05) is 10.5 Å². The number of benzene rings is 1. The molecule has 0 aliphatic heterocycles. The van der Waals surface area contributed by atoms with E-state index in [1.807, 2.05) is 6.07 Å². The molecular formula is C10H6BrFN4. The van der Waals surface area contributed by atoms with Gasteiger partial charge >= 0.3 is 0 Å². The second-order valence-electron chi connectivity index (χ2n) is 3.06. The standard InChI is InChI=1S/C10H6BrFN4/c11-8-2-1-7(12)3-9(8)16-10(14)6(4-13)5-15-16/h1-3,5H,14H2. The molecule has 0 aliphatic carbocycles. The zero-order valence-electron chi connectivity index (χ0n) is 7.98. The van der Waals surface area contributed by atoms with Gasteiger partial charge in [0.1, 0.15) is 23.3 Å². The summed E-state index contributed by atoms with van der Waals surface area (Å²) in [6.45, 7) is 0. The number of hydrogen-bond donors (Lipinski definition) is 1. The Labute approximate surface area is 99.2 Å². The highest BCUT2D eigenvalue weighted by atomic mass is 79.9. The Balaban J connectivity index is 2.64. The largest absolute Gasteiger partial charge is 0.382 e. The summed E-state index contributed by atoms with van der Waals surface area (Å²) in [4.78, 5) is 0. The fourth-order valence-electron chi connectivity index (χ4n) is 1.28. The molecular weight excluding hydrogens is 275 g/mol. The topological polar surface area (TPSA) is 67.6 Å². The minimum atomic E-state index is -0.397. The third-order valence-electron chi connectivity index (χ3n) is 2.06. The van der Waals surface area contributed by atoms with Crippen molar-refractivity contribution in [3.8, 4) is 11.8 Å². The molecule has 6 heteroatoms. The van der Waals surface area contributed by atoms with Crippen LogP contribution < -0.4 is 5.73 Å². The van der Waals surface area contributed by atoms with E-state index in [9.17, 15) is 4.39 Å². The molecule has 0 bridgehead atoms. The van der Waals surface area contributed by atoms with Crippen molar-refractivity contribution in [1.82, 2.24) is 9.78 Å². The van der Waals surface area contributed by atoms with E-state index in [2.05, 4.69) is 21.0 Å². The van der Waals surface area contributed by atoms with Crippen molar-refractivity contribution in [2.24, 2.45) is 0 Å². The third kappa shape index (κ3) is 1.66. The molecule has 0 saturated carbocycles. The van der Waals surface area contributed by atoms with Crippen LogP contribution in [0.1, 0.15) is 5.56 Å². The second kappa shape index (κ2) is 3.94. The molecule has 0 fully saturated rings. The molecule has 16 heavy (non-hydrogen) atoms. The van der Waals surface area contributed by atoms with Crippen LogP contribution in [0.15, 0.2) is 28.9 Å². The highest BCUT2D eigenvalue weighted by molar-refractivity contribution is 9.10. The number of nitrogens with two attached hydrogens (primary N) is 1. The molecule has 0 amide bonds. The first-order valence-electron chi connectivity index (χ1n) is 4.32. The zero-order chi connectivity index (χ0) is 11.7. The second-order valence-corrected chi connectivity index (χ2v) is 3.92. The van der Waals surface area contributed by atoms with Crippen molar-refractivity contribution in [3.05, 3.63) is 40.2 Å². The summed E-state index contributed by atoms with van der Waals surface area (Å²) in [6, 6.07) is 6.06. The summed E-state index contributed by atoms with van der Waals surface area (Å²) >= 11 is 3.27. The van der Waals surface area contributed by atoms with Crippen LogP contribution in [0.3, 0.4) is 0 Å². The average Bonchev–Trinajstić information content (AvgIpc) is 2.63. The SMILES string of the molecule is N#Cc1cnn(-c2cc(F)ccc2Br)c1N. The first-order chi connectivity index (χ1) is 7.63. The van der Waals surface area contributed by atoms with E-state index in [0.29, 0.717) is 10.2 Å². The van der Waals surface area contributed by atoms with Crippen molar-refractivity contribution in [2.75, 3.05) is 5.73 Å². The van der Waals surface area contributed by atoms with Gasteiger partial charge in [-0.25, -0.2) is 9.07 Å². The summed E-state index contributed by atoms with van der Waals surface area (Å²) in [5.74, 6) is -0.208. The monoisotopic (exact) mass is 280 g/mol. The van der Waals surface area contributed by atoms with Crippen LogP contribution in [-0.2, 0) is 0 Å². The molecule has 0 radical (unpaired) electrons. The lowest BCUT2D eigenvalue weighted by molar-refractivity contribution is 0.625. The van der Waals surface area contributed by atoms with Crippen molar-refractivity contribution >= 4 is 21.7 Å². The highest BCUT2D eigenvalue weighted by Crippen LogP contribution is 2.24. The predicted octanol–water partition coefficient (Wildman–Crippen LogP) is 2.23. The van der Waals surface area contributed by atoms with Gasteiger partial charge in [-0.3, -0.25) is 0 Å². The normalized spacial score (nSPS) is 10.1. The van der Waals surface area contributed by atoms with Crippen LogP contribution in [0, 0.1) is 17.1 Å². The molecule has 0 atom stereocenters. The number of nitriles is 1. The molecule has 0 unspecified atom stereocenters. The van der Waals surface area contributed by atoms with Gasteiger partial charge in [-0.1, -0.05) is 0 Å². The molecule has 80 valence electrons. The summed E-state index contributed by atoms with van der Waals surface area (Å²) in [6.07, 6.45) is 1.34. The van der Waals surface area contributed by atoms with Gasteiger partial charge in [0.15, 0.2) is 0 Å². The molecule has 4 nitrogen and oxygen atoms in total. The number of nitrogens with zero attached hydrogens (tertiary/aromatic N) is 3. The molecule has 2 rings (SSSR count). The van der Waals surface area contributed by atoms with Crippen molar-refractivity contribution in [2.45, 2.75) is 0 Å². The highest BCUT2D eigenvalue weighted by Gasteiger charge is 2.11. The molecule has 0 spiro atoms. The fraction of sp³-hybridized carbons (Fsp3) is 0. The van der Waals surface area contributed by atoms with Crippen LogP contribution in [-0.4, -0.2) is 9.78 Å². The predicted molar refractivity (Wildman–Crippen MR) is 60.3 cm³/mol. The van der Waals surface area contributed by atoms with E-state index in [0.717, 1.165) is 0 Å². The molecule has 1 heterocycles. The van der Waals surface area contributed by atoms with E-state index in [4.69, 9.17) is 11.0 Å². The Morgan fingerprint density at radius 3 is 2.88 bits per heavy atom. The number of anilines is 1. The van der Waals surface area contributed by atoms with E-state index in [-0.39, 0.29) is 11.4 Å². The molecule has 2 aromatic rings. The summed E-state index contributed by atoms with van der Waals surface area (Å²) in [7, 11) is 0. The number of nitrogen functional groups attached to an aromatic ring is 1. The van der Waals surface area contributed by atoms with Gasteiger partial charge in [-0.15, -0.1) is 0 Å². The van der Waals surface area contributed by atoms with Gasteiger partial charge in [-0.05, 0) is 28.1 Å². The molecule has 1 aromatic carbocycles. The first kappa shape index (κ1) is 10.6. The van der Waals surface area contributed by atoms with E-state index >= 15 is 0 Å². The smallest absolute Gasteiger partial charge is 0.145 e. The first-order valence-corrected chi connectivity index (χ1v) is 5.12. The Bertz CT molecular complexity index is 585. The van der Waals surface area contributed by atoms with Gasteiger partial charge in [-0.2, -0.15) is 10.4 Å². The Morgan fingerprint density at radius 2 is 2.25 bits per heavy atom. The van der Waals surface area contributed by atoms with E-state index < -0.39 is 5.82 Å². The molecule has 0 aliphatic rings. The number of hydrogen-bond acceptors (Lipinski definition) is 3. The molecule has 1 aromatic heterocycles. The molecule has 0 saturated heterocycles. The van der Waals surface area contributed by atoms with Crippen LogP contribution >= 0.6 is 15.9 Å². The van der Waals surface area contributed by atoms with Crippen molar-refractivity contribution in [1.29, 1.82) is 5.26 Å². The zero-order valence-corrected chi connectivity index (χ0v) is 9.57. The third-order valence-corrected chi connectivity index (χ3v) is 2.73. The quantitative estimate of drug-likeness (QED) is 0.871. The number of aromatic nitrogens is 2. The molecule has 2 N–H and O–H groups in total. The van der Waals surface area contributed by atoms with Gasteiger partial charge in [0.25, 0.3) is 0 Å². The fourth-order valence-corrected chi connectivity index (χ4v) is 1.70. The minimum absolute atomic E-state index is 0.189. The minimum Gasteiger partial charge on any atom is -0.382 e. The van der Waals surface area contributed by atoms with Crippen molar-refractivity contribution in [3.63, 3.8) is 0 Å². The van der Waals surface area contributed by atoms with Crippen LogP contribution in [0.2, 0.25) is 0 Å². The van der Waals surface area contributed by atoms with Crippen LogP contribution in [0.5, 0.6) is 0 Å². The van der Waals surface area contributed by atoms with Crippen molar-refractivity contribution < 1.29 is 4.39 Å². The van der Waals surface area contributed by atoms with Gasteiger partial charge in [0.2, 0.25) is 0 Å². The summed E-state index contributed by atoms with van der Waals surface area (Å²) in [5.41, 5.74) is 6.42. The number of halogens is 2. The lowest BCUT2D eigenvalue weighted by Gasteiger charge is -2.06. The summed E-state index contributed by atoms with van der Waals surface area (Å²) in [5, 5.41) is 12.7. The Kier molecular flexibility index (Phi) is 2.62. The lowest BCUT2D eigenvalue weighted by Crippen LogP contribution is -2.03. The van der Waals surface area contributed by atoms with Gasteiger partial charge < -0.3 is 5.73 Å². The maximum Gasteiger partial charge on any atom is 0.145 e. The number of rotatable bonds is 1. The van der Waals surface area contributed by atoms with E-state index in [1.165, 1.54) is 23.0 Å².